The fourth-order valence-electron chi connectivity index (χ4n) is 3.93. The first-order valence-electron chi connectivity index (χ1n) is 11.8. The molecule has 1 heterocycles. The summed E-state index contributed by atoms with van der Waals surface area (Å²) >= 11 is 0. The maximum atomic E-state index is 13.6. The molecule has 38 heavy (non-hydrogen) atoms. The monoisotopic (exact) mass is 530 g/mol. The molecule has 0 aliphatic carbocycles. The van der Waals surface area contributed by atoms with Crippen LogP contribution in [0.1, 0.15) is 36.1 Å². The van der Waals surface area contributed by atoms with Gasteiger partial charge in [0, 0.05) is 12.1 Å². The molecule has 1 aliphatic heterocycles. The van der Waals surface area contributed by atoms with Gasteiger partial charge in [-0.2, -0.15) is 0 Å². The highest BCUT2D eigenvalue weighted by Gasteiger charge is 2.45. The van der Waals surface area contributed by atoms with Crippen LogP contribution in [0.4, 0.5) is 4.39 Å². The van der Waals surface area contributed by atoms with Gasteiger partial charge in [-0.15, -0.1) is 0 Å². The van der Waals surface area contributed by atoms with E-state index < -0.39 is 35.5 Å². The van der Waals surface area contributed by atoms with Crippen LogP contribution in [0.15, 0.2) is 48.0 Å². The third kappa shape index (κ3) is 7.39. The van der Waals surface area contributed by atoms with Crippen molar-refractivity contribution in [3.05, 3.63) is 70.5 Å². The van der Waals surface area contributed by atoms with Crippen LogP contribution in [0, 0.1) is 12.7 Å². The molecule has 1 aliphatic rings. The molecule has 1 atom stereocenters. The Bertz CT molecular complexity index is 1210. The topological polar surface area (TPSA) is 145 Å². The molecule has 0 radical (unpaired) electrons. The largest absolute Gasteiger partial charge is 0.507 e. The summed E-state index contributed by atoms with van der Waals surface area (Å²) in [4.78, 5) is 47.6. The van der Waals surface area contributed by atoms with Crippen molar-refractivity contribution < 1.29 is 43.6 Å². The van der Waals surface area contributed by atoms with E-state index >= 15 is 0 Å². The fraction of sp³-hybridized carbons (Fsp3) is 0.333. The molecule has 2 aromatic carbocycles. The summed E-state index contributed by atoms with van der Waals surface area (Å²) in [7, 11) is 3.86. The van der Waals surface area contributed by atoms with Crippen molar-refractivity contribution in [1.29, 1.82) is 0 Å². The second-order valence-electron chi connectivity index (χ2n) is 8.72. The van der Waals surface area contributed by atoms with Gasteiger partial charge in [-0.1, -0.05) is 12.1 Å². The van der Waals surface area contributed by atoms with E-state index in [1.807, 2.05) is 32.8 Å². The van der Waals surface area contributed by atoms with E-state index in [0.29, 0.717) is 36.4 Å². The van der Waals surface area contributed by atoms with E-state index in [1.165, 1.54) is 17.0 Å². The molecule has 2 aromatic rings. The van der Waals surface area contributed by atoms with Gasteiger partial charge in [0.25, 0.3) is 11.7 Å². The van der Waals surface area contributed by atoms with E-state index in [2.05, 4.69) is 0 Å². The number of carbonyl (C=O) groups excluding carboxylic acids is 2. The molecule has 3 rings (SSSR count). The molecule has 204 valence electrons. The molecule has 0 saturated carbocycles. The van der Waals surface area contributed by atoms with Crippen LogP contribution in [0.3, 0.4) is 0 Å². The summed E-state index contributed by atoms with van der Waals surface area (Å²) in [5, 5.41) is 25.9. The highest BCUT2D eigenvalue weighted by atomic mass is 19.1. The minimum Gasteiger partial charge on any atom is -0.507 e. The normalized spacial score (nSPS) is 16.3. The first kappa shape index (κ1) is 30.0. The van der Waals surface area contributed by atoms with Crippen LogP contribution in [-0.4, -0.2) is 82.5 Å². The van der Waals surface area contributed by atoms with Crippen molar-refractivity contribution in [3.8, 4) is 5.75 Å². The first-order chi connectivity index (χ1) is 17.9. The maximum Gasteiger partial charge on any atom is 0.414 e. The Hall–Kier alpha value is -4.25. The van der Waals surface area contributed by atoms with Crippen LogP contribution in [0.2, 0.25) is 0 Å². The molecular formula is C27H31FN2O8. The number of carboxylic acid groups (broad SMARTS) is 2. The highest BCUT2D eigenvalue weighted by molar-refractivity contribution is 6.46. The Morgan fingerprint density at radius 3 is 2.13 bits per heavy atom. The Morgan fingerprint density at radius 2 is 1.63 bits per heavy atom. The van der Waals surface area contributed by atoms with Crippen molar-refractivity contribution in [1.82, 2.24) is 9.80 Å². The molecule has 0 spiro atoms. The average Bonchev–Trinajstić information content (AvgIpc) is 3.10. The number of Topliss-reactive ketones (excluding diaryl/α,β-unsaturated/α-hetero) is 1. The quantitative estimate of drug-likeness (QED) is 0.266. The molecule has 3 N–H and O–H groups in total. The van der Waals surface area contributed by atoms with E-state index in [-0.39, 0.29) is 11.3 Å². The van der Waals surface area contributed by atoms with Crippen molar-refractivity contribution in [2.75, 3.05) is 33.8 Å². The summed E-state index contributed by atoms with van der Waals surface area (Å²) in [6, 6.07) is 9.99. The molecule has 10 nitrogen and oxygen atoms in total. The van der Waals surface area contributed by atoms with Gasteiger partial charge in [0.1, 0.15) is 17.3 Å². The lowest BCUT2D eigenvalue weighted by atomic mass is 9.94. The van der Waals surface area contributed by atoms with E-state index in [4.69, 9.17) is 24.5 Å². The van der Waals surface area contributed by atoms with E-state index in [0.717, 1.165) is 12.1 Å². The minimum absolute atomic E-state index is 0.00928. The number of likely N-dealkylation sites (tertiary alicyclic amines) is 1. The Kier molecular flexibility index (Phi) is 10.5. The number of hydrogen-bond donors (Lipinski definition) is 3. The summed E-state index contributed by atoms with van der Waals surface area (Å²) < 4.78 is 19.1. The number of nitrogens with zero attached hydrogens (tertiary/aromatic N) is 2. The smallest absolute Gasteiger partial charge is 0.414 e. The number of amides is 1. The van der Waals surface area contributed by atoms with Crippen molar-refractivity contribution in [3.63, 3.8) is 0 Å². The van der Waals surface area contributed by atoms with Crippen molar-refractivity contribution >= 4 is 29.4 Å². The maximum absolute atomic E-state index is 13.6. The van der Waals surface area contributed by atoms with Crippen LogP contribution in [-0.2, 0) is 19.2 Å². The second-order valence-corrected chi connectivity index (χ2v) is 8.72. The minimum atomic E-state index is -1.82. The van der Waals surface area contributed by atoms with Gasteiger partial charge in [0.2, 0.25) is 0 Å². The third-order valence-corrected chi connectivity index (χ3v) is 5.66. The molecule has 0 aromatic heterocycles. The molecule has 1 fully saturated rings. The number of ketones is 1. The predicted molar refractivity (Wildman–Crippen MR) is 136 cm³/mol. The van der Waals surface area contributed by atoms with Crippen molar-refractivity contribution in [2.45, 2.75) is 26.3 Å². The van der Waals surface area contributed by atoms with Gasteiger partial charge in [0.15, 0.2) is 0 Å². The molecule has 0 bridgehead atoms. The number of aryl methyl sites for hydroxylation is 1. The number of halogens is 1. The SMILES string of the molecule is CCOc1ccc(/C(O)=C2\C(=O)C(=O)N(CCCN(C)C)C2c2ccc(F)cc2)cc1C.O=C(O)C(=O)O. The lowest BCUT2D eigenvalue weighted by Crippen LogP contribution is -2.32. The standard InChI is InChI=1S/C25H29FN2O4.C2H2O4/c1-5-32-20-12-9-18(15-16(20)2)23(29)21-22(17-7-10-19(26)11-8-17)28(25(31)24(21)30)14-6-13-27(3)4;3-1(4)2(5)6/h7-12,15,22,29H,5-6,13-14H2,1-4H3;(H,3,4)(H,5,6)/b23-21+;. The van der Waals surface area contributed by atoms with Gasteiger partial charge in [-0.05, 0) is 82.4 Å². The summed E-state index contributed by atoms with van der Waals surface area (Å²) in [6.45, 7) is 5.31. The number of carboxylic acids is 2. The number of carbonyl (C=O) groups is 4. The second kappa shape index (κ2) is 13.3. The number of aliphatic hydroxyl groups excluding tert-OH is 1. The van der Waals surface area contributed by atoms with E-state index in [1.54, 1.807) is 30.3 Å². The molecule has 1 saturated heterocycles. The van der Waals surface area contributed by atoms with Crippen LogP contribution in [0.25, 0.3) is 5.76 Å². The Labute approximate surface area is 219 Å². The third-order valence-electron chi connectivity index (χ3n) is 5.66. The number of ether oxygens (including phenoxy) is 1. The lowest BCUT2D eigenvalue weighted by Gasteiger charge is -2.26. The molecule has 1 unspecified atom stereocenters. The summed E-state index contributed by atoms with van der Waals surface area (Å²) in [5.41, 5.74) is 1.80. The van der Waals surface area contributed by atoms with E-state index in [9.17, 15) is 19.1 Å². The zero-order valence-corrected chi connectivity index (χ0v) is 21.6. The zero-order chi connectivity index (χ0) is 28.6. The summed E-state index contributed by atoms with van der Waals surface area (Å²) in [6.07, 6.45) is 0.653. The zero-order valence-electron chi connectivity index (χ0n) is 21.6. The lowest BCUT2D eigenvalue weighted by molar-refractivity contribution is -0.159. The number of rotatable bonds is 8. The van der Waals surface area contributed by atoms with Gasteiger partial charge >= 0.3 is 11.9 Å². The van der Waals surface area contributed by atoms with Crippen molar-refractivity contribution in [2.24, 2.45) is 0 Å². The number of benzene rings is 2. The molecular weight excluding hydrogens is 499 g/mol. The van der Waals surface area contributed by atoms with Gasteiger partial charge in [-0.3, -0.25) is 9.59 Å². The van der Waals surface area contributed by atoms with Gasteiger partial charge in [-0.25, -0.2) is 14.0 Å². The Balaban J connectivity index is 0.000000757. The number of aliphatic carboxylic acids is 2. The van der Waals surface area contributed by atoms with Gasteiger partial charge < -0.3 is 29.9 Å². The fourth-order valence-corrected chi connectivity index (χ4v) is 3.93. The van der Waals surface area contributed by atoms with Crippen LogP contribution >= 0.6 is 0 Å². The number of aliphatic hydroxyl groups is 1. The number of hydrogen-bond acceptors (Lipinski definition) is 7. The van der Waals surface area contributed by atoms with Crippen LogP contribution in [0.5, 0.6) is 5.75 Å². The Morgan fingerprint density at radius 1 is 1.03 bits per heavy atom. The molecule has 11 heteroatoms. The summed E-state index contributed by atoms with van der Waals surface area (Å²) in [5.74, 6) is -5.04. The predicted octanol–water partition coefficient (Wildman–Crippen LogP) is 3.06. The van der Waals surface area contributed by atoms with Crippen LogP contribution < -0.4 is 4.74 Å². The average molecular weight is 531 g/mol. The first-order valence-corrected chi connectivity index (χ1v) is 11.8. The van der Waals surface area contributed by atoms with Gasteiger partial charge in [0.05, 0.1) is 18.2 Å². The highest BCUT2D eigenvalue weighted by Crippen LogP contribution is 2.40. The molecule has 1 amide bonds.